The van der Waals surface area contributed by atoms with E-state index in [1.165, 1.54) is 6.07 Å². The number of halogens is 1. The van der Waals surface area contributed by atoms with Crippen LogP contribution in [0.4, 0.5) is 14.9 Å². The Morgan fingerprint density at radius 1 is 0.889 bits per heavy atom. The van der Waals surface area contributed by atoms with Crippen LogP contribution in [0.1, 0.15) is 15.9 Å². The third kappa shape index (κ3) is 5.15. The molecule has 0 heterocycles. The molecule has 0 spiro atoms. The molecule has 27 heavy (non-hydrogen) atoms. The topological polar surface area (TPSA) is 64.6 Å². The van der Waals surface area contributed by atoms with Gasteiger partial charge >= 0.3 is 6.16 Å². The lowest BCUT2D eigenvalue weighted by atomic mass is 10.2. The Morgan fingerprint density at radius 2 is 1.56 bits per heavy atom. The molecule has 0 bridgehead atoms. The lowest BCUT2D eigenvalue weighted by Crippen LogP contribution is -2.15. The zero-order valence-electron chi connectivity index (χ0n) is 14.2. The van der Waals surface area contributed by atoms with Gasteiger partial charge in [0.15, 0.2) is 5.75 Å². The van der Waals surface area contributed by atoms with Gasteiger partial charge < -0.3 is 14.8 Å². The van der Waals surface area contributed by atoms with Gasteiger partial charge in [-0.3, -0.25) is 4.79 Å². The van der Waals surface area contributed by atoms with Crippen molar-refractivity contribution in [2.75, 3.05) is 5.32 Å². The molecular formula is C21H16FNO4. The lowest BCUT2D eigenvalue weighted by Gasteiger charge is -2.12. The number of hydrogen-bond donors (Lipinski definition) is 1. The molecule has 0 aromatic heterocycles. The Hall–Kier alpha value is -3.67. The Morgan fingerprint density at radius 3 is 2.26 bits per heavy atom. The van der Waals surface area contributed by atoms with Crippen LogP contribution in [0.3, 0.4) is 0 Å². The highest BCUT2D eigenvalue weighted by molar-refractivity contribution is 6.05. The first kappa shape index (κ1) is 18.1. The normalized spacial score (nSPS) is 10.1. The van der Waals surface area contributed by atoms with Crippen LogP contribution in [0.15, 0.2) is 78.9 Å². The van der Waals surface area contributed by atoms with Gasteiger partial charge in [-0.25, -0.2) is 9.18 Å². The Bertz CT molecular complexity index is 929. The standard InChI is InChI=1S/C21H16FNO4/c22-17-11-12-18(23-20(24)16-9-5-2-6-10-16)19(13-17)27-21(25)26-14-15-7-3-1-4-8-15/h1-13H,14H2,(H,23,24). The Kier molecular flexibility index (Phi) is 5.79. The number of nitrogens with one attached hydrogen (secondary N) is 1. The van der Waals surface area contributed by atoms with E-state index in [2.05, 4.69) is 5.32 Å². The average Bonchev–Trinajstić information content (AvgIpc) is 2.70. The van der Waals surface area contributed by atoms with E-state index < -0.39 is 17.9 Å². The summed E-state index contributed by atoms with van der Waals surface area (Å²) in [4.78, 5) is 24.2. The van der Waals surface area contributed by atoms with Crippen molar-refractivity contribution in [2.45, 2.75) is 6.61 Å². The summed E-state index contributed by atoms with van der Waals surface area (Å²) in [7, 11) is 0. The predicted molar refractivity (Wildman–Crippen MR) is 98.1 cm³/mol. The quantitative estimate of drug-likeness (QED) is 0.521. The lowest BCUT2D eigenvalue weighted by molar-refractivity contribution is 0.0924. The molecule has 0 aliphatic heterocycles. The van der Waals surface area contributed by atoms with Crippen molar-refractivity contribution in [3.63, 3.8) is 0 Å². The maximum atomic E-state index is 13.6. The van der Waals surface area contributed by atoms with Gasteiger partial charge in [-0.05, 0) is 29.8 Å². The van der Waals surface area contributed by atoms with Crippen LogP contribution in [0.2, 0.25) is 0 Å². The second-order valence-electron chi connectivity index (χ2n) is 5.59. The number of hydrogen-bond acceptors (Lipinski definition) is 4. The van der Waals surface area contributed by atoms with Crippen LogP contribution < -0.4 is 10.1 Å². The molecule has 0 aliphatic rings. The molecule has 0 atom stereocenters. The first-order chi connectivity index (χ1) is 13.1. The molecule has 0 radical (unpaired) electrons. The molecule has 0 unspecified atom stereocenters. The average molecular weight is 365 g/mol. The van der Waals surface area contributed by atoms with Gasteiger partial charge in [0.05, 0.1) is 5.69 Å². The Labute approximate surface area is 155 Å². The van der Waals surface area contributed by atoms with Crippen molar-refractivity contribution in [2.24, 2.45) is 0 Å². The van der Waals surface area contributed by atoms with Crippen LogP contribution in [0, 0.1) is 5.82 Å². The molecule has 1 N–H and O–H groups in total. The molecule has 0 saturated carbocycles. The zero-order chi connectivity index (χ0) is 19.1. The van der Waals surface area contributed by atoms with Crippen molar-refractivity contribution < 1.29 is 23.5 Å². The van der Waals surface area contributed by atoms with E-state index in [4.69, 9.17) is 9.47 Å². The van der Waals surface area contributed by atoms with Gasteiger partial charge in [-0.2, -0.15) is 0 Å². The number of amides is 1. The predicted octanol–water partition coefficient (Wildman–Crippen LogP) is 4.79. The number of rotatable bonds is 5. The van der Waals surface area contributed by atoms with E-state index in [0.29, 0.717) is 5.56 Å². The summed E-state index contributed by atoms with van der Waals surface area (Å²) in [5.41, 5.74) is 1.35. The minimum atomic E-state index is -1.00. The molecule has 3 aromatic rings. The van der Waals surface area contributed by atoms with Gasteiger partial charge in [0.1, 0.15) is 12.4 Å². The van der Waals surface area contributed by atoms with E-state index in [1.807, 2.05) is 18.2 Å². The summed E-state index contributed by atoms with van der Waals surface area (Å²) < 4.78 is 23.7. The van der Waals surface area contributed by atoms with Crippen LogP contribution >= 0.6 is 0 Å². The molecular weight excluding hydrogens is 349 g/mol. The summed E-state index contributed by atoms with van der Waals surface area (Å²) >= 11 is 0. The first-order valence-corrected chi connectivity index (χ1v) is 8.16. The maximum absolute atomic E-state index is 13.6. The zero-order valence-corrected chi connectivity index (χ0v) is 14.2. The van der Waals surface area contributed by atoms with Crippen LogP contribution in [-0.2, 0) is 11.3 Å². The molecule has 1 amide bonds. The summed E-state index contributed by atoms with van der Waals surface area (Å²) in [5, 5.41) is 2.59. The van der Waals surface area contributed by atoms with Gasteiger partial charge in [-0.1, -0.05) is 48.5 Å². The van der Waals surface area contributed by atoms with Crippen LogP contribution in [0.5, 0.6) is 5.75 Å². The fourth-order valence-corrected chi connectivity index (χ4v) is 2.30. The highest BCUT2D eigenvalue weighted by Gasteiger charge is 2.15. The summed E-state index contributed by atoms with van der Waals surface area (Å²) in [6, 6.07) is 21.0. The van der Waals surface area contributed by atoms with Gasteiger partial charge in [-0.15, -0.1) is 0 Å². The molecule has 3 aromatic carbocycles. The molecule has 5 nitrogen and oxygen atoms in total. The van der Waals surface area contributed by atoms with Crippen molar-refractivity contribution in [1.29, 1.82) is 0 Å². The molecule has 136 valence electrons. The van der Waals surface area contributed by atoms with E-state index in [9.17, 15) is 14.0 Å². The van der Waals surface area contributed by atoms with Crippen molar-refractivity contribution in [1.82, 2.24) is 0 Å². The fourth-order valence-electron chi connectivity index (χ4n) is 2.30. The van der Waals surface area contributed by atoms with E-state index in [0.717, 1.165) is 17.7 Å². The molecule has 3 rings (SSSR count). The van der Waals surface area contributed by atoms with E-state index >= 15 is 0 Å². The third-order valence-corrected chi connectivity index (χ3v) is 3.62. The minimum absolute atomic E-state index is 0.0146. The highest BCUT2D eigenvalue weighted by Crippen LogP contribution is 2.26. The number of benzene rings is 3. The summed E-state index contributed by atoms with van der Waals surface area (Å²) in [5.74, 6) is -1.17. The fraction of sp³-hybridized carbons (Fsp3) is 0.0476. The summed E-state index contributed by atoms with van der Waals surface area (Å²) in [6.45, 7) is 0.0146. The van der Waals surface area contributed by atoms with Crippen molar-refractivity contribution >= 4 is 17.7 Å². The van der Waals surface area contributed by atoms with Gasteiger partial charge in [0.2, 0.25) is 0 Å². The van der Waals surface area contributed by atoms with E-state index in [-0.39, 0.29) is 18.0 Å². The Balaban J connectivity index is 1.68. The van der Waals surface area contributed by atoms with Crippen molar-refractivity contribution in [3.8, 4) is 5.75 Å². The van der Waals surface area contributed by atoms with Crippen LogP contribution in [0.25, 0.3) is 0 Å². The molecule has 0 aliphatic carbocycles. The summed E-state index contributed by atoms with van der Waals surface area (Å²) in [6.07, 6.45) is -1.00. The van der Waals surface area contributed by atoms with Gasteiger partial charge in [0, 0.05) is 11.6 Å². The number of carbonyl (C=O) groups excluding carboxylic acids is 2. The number of carbonyl (C=O) groups is 2. The maximum Gasteiger partial charge on any atom is 0.514 e. The molecule has 0 saturated heterocycles. The van der Waals surface area contributed by atoms with Gasteiger partial charge in [0.25, 0.3) is 5.91 Å². The SMILES string of the molecule is O=C(OCc1ccccc1)Oc1cc(F)ccc1NC(=O)c1ccccc1. The molecule has 0 fully saturated rings. The smallest absolute Gasteiger partial charge is 0.429 e. The highest BCUT2D eigenvalue weighted by atomic mass is 19.1. The third-order valence-electron chi connectivity index (χ3n) is 3.62. The van der Waals surface area contributed by atoms with Crippen LogP contribution in [-0.4, -0.2) is 12.1 Å². The number of ether oxygens (including phenoxy) is 2. The first-order valence-electron chi connectivity index (χ1n) is 8.16. The largest absolute Gasteiger partial charge is 0.514 e. The van der Waals surface area contributed by atoms with Crippen molar-refractivity contribution in [3.05, 3.63) is 95.8 Å². The number of anilines is 1. The minimum Gasteiger partial charge on any atom is -0.429 e. The van der Waals surface area contributed by atoms with E-state index in [1.54, 1.807) is 42.5 Å². The monoisotopic (exact) mass is 365 g/mol. The second kappa shape index (κ2) is 8.62. The molecule has 6 heteroatoms. The second-order valence-corrected chi connectivity index (χ2v) is 5.59.